The lowest BCUT2D eigenvalue weighted by molar-refractivity contribution is -0.384. The number of carbonyl (C=O) groups excluding carboxylic acids is 2. The van der Waals surface area contributed by atoms with Gasteiger partial charge in [0.15, 0.2) is 0 Å². The van der Waals surface area contributed by atoms with Crippen molar-refractivity contribution in [3.8, 4) is 22.6 Å². The molecule has 0 fully saturated rings. The molecule has 0 N–H and O–H groups in total. The second-order valence-corrected chi connectivity index (χ2v) is 5.76. The first kappa shape index (κ1) is 18.8. The van der Waals surface area contributed by atoms with Crippen molar-refractivity contribution >= 4 is 28.6 Å². The minimum Gasteiger partial charge on any atom is -0.426 e. The fraction of sp³-hybridized carbons (Fsp3) is 0.105. The van der Waals surface area contributed by atoms with Crippen molar-refractivity contribution in [1.29, 1.82) is 0 Å². The molecule has 1 heterocycles. The van der Waals surface area contributed by atoms with Crippen LogP contribution in [0, 0.1) is 10.1 Å². The van der Waals surface area contributed by atoms with Crippen LogP contribution in [0.4, 0.5) is 5.69 Å². The molecule has 9 nitrogen and oxygen atoms in total. The second-order valence-electron chi connectivity index (χ2n) is 5.76. The van der Waals surface area contributed by atoms with E-state index in [4.69, 9.17) is 13.9 Å². The zero-order valence-electron chi connectivity index (χ0n) is 14.8. The number of nitro groups is 1. The number of rotatable bonds is 4. The first-order chi connectivity index (χ1) is 13.2. The van der Waals surface area contributed by atoms with E-state index < -0.39 is 22.5 Å². The molecule has 0 saturated carbocycles. The third-order valence-corrected chi connectivity index (χ3v) is 3.69. The molecule has 0 saturated heterocycles. The van der Waals surface area contributed by atoms with Gasteiger partial charge in [0.2, 0.25) is 0 Å². The predicted octanol–water partition coefficient (Wildman–Crippen LogP) is 3.22. The molecule has 3 aromatic rings. The Kier molecular flexibility index (Phi) is 4.90. The minimum atomic E-state index is -0.699. The number of hydrogen-bond acceptors (Lipinski definition) is 8. The fourth-order valence-electron chi connectivity index (χ4n) is 2.69. The van der Waals surface area contributed by atoms with Gasteiger partial charge in [-0.25, -0.2) is 4.79 Å². The molecule has 1 aromatic heterocycles. The molecule has 28 heavy (non-hydrogen) atoms. The maximum absolute atomic E-state index is 12.0. The van der Waals surface area contributed by atoms with Crippen molar-refractivity contribution in [3.63, 3.8) is 0 Å². The fourth-order valence-corrected chi connectivity index (χ4v) is 2.69. The average Bonchev–Trinajstić information content (AvgIpc) is 2.59. The lowest BCUT2D eigenvalue weighted by Gasteiger charge is -2.12. The molecule has 9 heteroatoms. The molecule has 0 radical (unpaired) electrons. The van der Waals surface area contributed by atoms with E-state index in [-0.39, 0.29) is 28.2 Å². The molecule has 0 amide bonds. The summed E-state index contributed by atoms with van der Waals surface area (Å²) in [6.07, 6.45) is 0. The second kappa shape index (κ2) is 7.31. The van der Waals surface area contributed by atoms with Crippen molar-refractivity contribution < 1.29 is 28.4 Å². The Morgan fingerprint density at radius 2 is 1.64 bits per heavy atom. The Hall–Kier alpha value is -4.01. The van der Waals surface area contributed by atoms with Crippen LogP contribution < -0.4 is 15.1 Å². The summed E-state index contributed by atoms with van der Waals surface area (Å²) in [6.45, 7) is 2.38. The number of nitrogens with zero attached hydrogens (tertiary/aromatic N) is 1. The molecule has 142 valence electrons. The number of hydrogen-bond donors (Lipinski definition) is 0. The summed E-state index contributed by atoms with van der Waals surface area (Å²) >= 11 is 0. The summed E-state index contributed by atoms with van der Waals surface area (Å²) in [5, 5.41) is 11.1. The standard InChI is InChI=1S/C19H13NO8/c1-10(21)26-14-7-16(27-11(2)22)19-15(9-18(23)28-17(19)8-14)12-3-5-13(6-4-12)20(24)25/h3-9H,1-2H3. The molecule has 0 atom stereocenters. The van der Waals surface area contributed by atoms with Gasteiger partial charge < -0.3 is 13.9 Å². The largest absolute Gasteiger partial charge is 0.426 e. The Morgan fingerprint density at radius 1 is 1.00 bits per heavy atom. The first-order valence-corrected chi connectivity index (χ1v) is 7.98. The third-order valence-electron chi connectivity index (χ3n) is 3.69. The number of ether oxygens (including phenoxy) is 2. The molecule has 0 spiro atoms. The molecule has 3 rings (SSSR count). The number of carbonyl (C=O) groups is 2. The highest BCUT2D eigenvalue weighted by molar-refractivity contribution is 6.00. The van der Waals surface area contributed by atoms with Gasteiger partial charge >= 0.3 is 17.6 Å². The lowest BCUT2D eigenvalue weighted by Crippen LogP contribution is -2.06. The molecule has 2 aromatic carbocycles. The van der Waals surface area contributed by atoms with E-state index in [2.05, 4.69) is 0 Å². The van der Waals surface area contributed by atoms with Gasteiger partial charge in [-0.3, -0.25) is 19.7 Å². The molecular weight excluding hydrogens is 370 g/mol. The molecule has 0 bridgehead atoms. The van der Waals surface area contributed by atoms with E-state index in [9.17, 15) is 24.5 Å². The zero-order chi connectivity index (χ0) is 20.4. The SMILES string of the molecule is CC(=O)Oc1cc(OC(C)=O)c2c(-c3ccc([N+](=O)[O-])cc3)cc(=O)oc2c1. The third kappa shape index (κ3) is 3.88. The Labute approximate surface area is 157 Å². The number of non-ortho nitro benzene ring substituents is 1. The predicted molar refractivity (Wildman–Crippen MR) is 97.2 cm³/mol. The van der Waals surface area contributed by atoms with Crippen LogP contribution in [0.1, 0.15) is 13.8 Å². The lowest BCUT2D eigenvalue weighted by atomic mass is 10.0. The van der Waals surface area contributed by atoms with Gasteiger partial charge in [-0.05, 0) is 17.7 Å². The number of nitro benzene ring substituents is 1. The first-order valence-electron chi connectivity index (χ1n) is 7.98. The van der Waals surface area contributed by atoms with E-state index in [1.54, 1.807) is 0 Å². The molecule has 0 aliphatic heterocycles. The van der Waals surface area contributed by atoms with E-state index in [1.165, 1.54) is 56.3 Å². The van der Waals surface area contributed by atoms with Crippen LogP contribution in [0.3, 0.4) is 0 Å². The summed E-state index contributed by atoms with van der Waals surface area (Å²) < 4.78 is 15.4. The highest BCUT2D eigenvalue weighted by Gasteiger charge is 2.18. The van der Waals surface area contributed by atoms with Gasteiger partial charge in [0.05, 0.1) is 10.3 Å². The van der Waals surface area contributed by atoms with Crippen molar-refractivity contribution in [2.24, 2.45) is 0 Å². The summed E-state index contributed by atoms with van der Waals surface area (Å²) in [4.78, 5) is 45.1. The summed E-state index contributed by atoms with van der Waals surface area (Å²) in [6, 6.07) is 9.32. The zero-order valence-corrected chi connectivity index (χ0v) is 14.8. The van der Waals surface area contributed by atoms with Gasteiger partial charge in [-0.1, -0.05) is 0 Å². The van der Waals surface area contributed by atoms with Crippen LogP contribution in [0.5, 0.6) is 11.5 Å². The van der Waals surface area contributed by atoms with Gasteiger partial charge in [0, 0.05) is 49.7 Å². The number of esters is 2. The minimum absolute atomic E-state index is 0.0124. The summed E-state index contributed by atoms with van der Waals surface area (Å²) in [7, 11) is 0. The maximum atomic E-state index is 12.0. The van der Waals surface area contributed by atoms with E-state index >= 15 is 0 Å². The molecule has 0 aliphatic carbocycles. The van der Waals surface area contributed by atoms with Crippen LogP contribution >= 0.6 is 0 Å². The topological polar surface area (TPSA) is 126 Å². The molecule has 0 unspecified atom stereocenters. The van der Waals surface area contributed by atoms with Crippen molar-refractivity contribution in [2.75, 3.05) is 0 Å². The van der Waals surface area contributed by atoms with Crippen LogP contribution in [-0.4, -0.2) is 16.9 Å². The number of fused-ring (bicyclic) bond motifs is 1. The van der Waals surface area contributed by atoms with Crippen LogP contribution in [0.2, 0.25) is 0 Å². The quantitative estimate of drug-likeness (QED) is 0.221. The van der Waals surface area contributed by atoms with Crippen LogP contribution in [-0.2, 0) is 9.59 Å². The van der Waals surface area contributed by atoms with E-state index in [0.717, 1.165) is 0 Å². The Balaban J connectivity index is 2.29. The maximum Gasteiger partial charge on any atom is 0.336 e. The van der Waals surface area contributed by atoms with E-state index in [1.807, 2.05) is 0 Å². The van der Waals surface area contributed by atoms with E-state index in [0.29, 0.717) is 11.1 Å². The summed E-state index contributed by atoms with van der Waals surface area (Å²) in [5.41, 5.74) is 0.0164. The Bertz CT molecular complexity index is 1160. The number of benzene rings is 2. The highest BCUT2D eigenvalue weighted by Crippen LogP contribution is 2.38. The summed E-state index contributed by atoms with van der Waals surface area (Å²) in [5.74, 6) is -1.21. The highest BCUT2D eigenvalue weighted by atomic mass is 16.6. The van der Waals surface area contributed by atoms with Gasteiger partial charge in [0.25, 0.3) is 5.69 Å². The van der Waals surface area contributed by atoms with Crippen molar-refractivity contribution in [2.45, 2.75) is 13.8 Å². The van der Waals surface area contributed by atoms with Gasteiger partial charge in [-0.15, -0.1) is 0 Å². The van der Waals surface area contributed by atoms with Crippen LogP contribution in [0.15, 0.2) is 51.7 Å². The van der Waals surface area contributed by atoms with Gasteiger partial charge in [0.1, 0.15) is 17.1 Å². The average molecular weight is 383 g/mol. The smallest absolute Gasteiger partial charge is 0.336 e. The van der Waals surface area contributed by atoms with Crippen molar-refractivity contribution in [1.82, 2.24) is 0 Å². The Morgan fingerprint density at radius 3 is 2.21 bits per heavy atom. The molecular formula is C19H13NO8. The normalized spacial score (nSPS) is 10.5. The van der Waals surface area contributed by atoms with Gasteiger partial charge in [-0.2, -0.15) is 0 Å². The van der Waals surface area contributed by atoms with Crippen molar-refractivity contribution in [3.05, 3.63) is 63.0 Å². The molecule has 0 aliphatic rings. The monoisotopic (exact) mass is 383 g/mol. The van der Waals surface area contributed by atoms with Crippen LogP contribution in [0.25, 0.3) is 22.1 Å².